The van der Waals surface area contributed by atoms with Gasteiger partial charge in [-0.15, -0.1) is 0 Å². The fraction of sp³-hybridized carbons (Fsp3) is 0.611. The Morgan fingerprint density at radius 2 is 1.76 bits per heavy atom. The molecule has 1 aliphatic carbocycles. The van der Waals surface area contributed by atoms with E-state index in [0.717, 1.165) is 45.4 Å². The van der Waals surface area contributed by atoms with Gasteiger partial charge in [0, 0.05) is 38.1 Å². The third kappa shape index (κ3) is 2.48. The summed E-state index contributed by atoms with van der Waals surface area (Å²) in [5.41, 5.74) is 2.98. The second-order valence-corrected chi connectivity index (χ2v) is 6.87. The Kier molecular flexibility index (Phi) is 3.46. The Hall–Kier alpha value is -1.35. The van der Waals surface area contributed by atoms with Crippen LogP contribution < -0.4 is 0 Å². The molecule has 0 bridgehead atoms. The van der Waals surface area contributed by atoms with E-state index in [0.29, 0.717) is 17.9 Å². The number of fused-ring (bicyclic) bond motifs is 1. The van der Waals surface area contributed by atoms with Crippen LogP contribution >= 0.6 is 0 Å². The minimum atomic E-state index is 0.341. The summed E-state index contributed by atoms with van der Waals surface area (Å²) in [5.74, 6) is 0.772. The van der Waals surface area contributed by atoms with Crippen LogP contribution in [0.3, 0.4) is 0 Å². The summed E-state index contributed by atoms with van der Waals surface area (Å²) in [6.45, 7) is 4.12. The molecule has 0 atom stereocenters. The highest BCUT2D eigenvalue weighted by Gasteiger charge is 2.38. The summed E-state index contributed by atoms with van der Waals surface area (Å²) >= 11 is 0. The summed E-state index contributed by atoms with van der Waals surface area (Å²) in [6, 6.07) is 9.37. The first kappa shape index (κ1) is 13.3. The van der Waals surface area contributed by atoms with E-state index in [4.69, 9.17) is 0 Å². The lowest BCUT2D eigenvalue weighted by atomic mass is 9.95. The van der Waals surface area contributed by atoms with Crippen molar-refractivity contribution in [1.29, 1.82) is 0 Å². The quantitative estimate of drug-likeness (QED) is 0.833. The van der Waals surface area contributed by atoms with Gasteiger partial charge >= 0.3 is 0 Å². The number of rotatable bonds is 2. The van der Waals surface area contributed by atoms with E-state index in [2.05, 4.69) is 34.1 Å². The van der Waals surface area contributed by atoms with E-state index in [1.807, 2.05) is 0 Å². The van der Waals surface area contributed by atoms with Gasteiger partial charge in [0.05, 0.1) is 0 Å². The zero-order chi connectivity index (χ0) is 14.2. The SMILES string of the molecule is O=C(C1CCCC1)N1CC(N2CCc3ccccc3C2)C1. The number of hydrogen-bond donors (Lipinski definition) is 0. The molecular formula is C18H24N2O. The van der Waals surface area contributed by atoms with Gasteiger partial charge in [0.1, 0.15) is 0 Å². The molecule has 3 nitrogen and oxygen atoms in total. The standard InChI is InChI=1S/C18H24N2O/c21-18(15-6-2-3-7-15)20-12-17(13-20)19-10-9-14-5-1-4-8-16(14)11-19/h1,4-5,8,15,17H,2-3,6-7,9-13H2. The van der Waals surface area contributed by atoms with E-state index in [-0.39, 0.29) is 0 Å². The molecular weight excluding hydrogens is 260 g/mol. The topological polar surface area (TPSA) is 23.6 Å². The van der Waals surface area contributed by atoms with Crippen LogP contribution in [-0.2, 0) is 17.8 Å². The van der Waals surface area contributed by atoms with E-state index >= 15 is 0 Å². The van der Waals surface area contributed by atoms with Crippen molar-refractivity contribution in [1.82, 2.24) is 9.80 Å². The second kappa shape index (κ2) is 5.45. The number of carbonyl (C=O) groups excluding carboxylic acids is 1. The molecule has 2 aliphatic heterocycles. The zero-order valence-corrected chi connectivity index (χ0v) is 12.6. The van der Waals surface area contributed by atoms with Crippen molar-refractivity contribution in [3.05, 3.63) is 35.4 Å². The van der Waals surface area contributed by atoms with Crippen LogP contribution in [-0.4, -0.2) is 41.4 Å². The van der Waals surface area contributed by atoms with Crippen molar-refractivity contribution in [2.75, 3.05) is 19.6 Å². The molecule has 0 radical (unpaired) electrons. The number of carbonyl (C=O) groups is 1. The molecule has 0 N–H and O–H groups in total. The number of amides is 1. The normalized spacial score (nSPS) is 23.9. The van der Waals surface area contributed by atoms with Gasteiger partial charge in [-0.1, -0.05) is 37.1 Å². The molecule has 1 aromatic rings. The Bertz CT molecular complexity index is 530. The molecule has 1 saturated heterocycles. The lowest BCUT2D eigenvalue weighted by molar-refractivity contribution is -0.143. The van der Waals surface area contributed by atoms with Gasteiger partial charge in [0.15, 0.2) is 0 Å². The lowest BCUT2D eigenvalue weighted by Gasteiger charge is -2.47. The average Bonchev–Trinajstić information content (AvgIpc) is 2.99. The van der Waals surface area contributed by atoms with Gasteiger partial charge in [0.25, 0.3) is 0 Å². The van der Waals surface area contributed by atoms with Crippen LogP contribution in [0.2, 0.25) is 0 Å². The molecule has 3 heteroatoms. The maximum Gasteiger partial charge on any atom is 0.225 e. The van der Waals surface area contributed by atoms with Crippen molar-refractivity contribution >= 4 is 5.91 Å². The van der Waals surface area contributed by atoms with Crippen LogP contribution in [0.5, 0.6) is 0 Å². The lowest BCUT2D eigenvalue weighted by Crippen LogP contribution is -2.62. The van der Waals surface area contributed by atoms with Crippen LogP contribution in [0.1, 0.15) is 36.8 Å². The molecule has 1 amide bonds. The molecule has 1 saturated carbocycles. The van der Waals surface area contributed by atoms with Crippen molar-refractivity contribution < 1.29 is 4.79 Å². The average molecular weight is 284 g/mol. The predicted molar refractivity (Wildman–Crippen MR) is 82.9 cm³/mol. The van der Waals surface area contributed by atoms with Gasteiger partial charge < -0.3 is 4.90 Å². The molecule has 112 valence electrons. The molecule has 0 unspecified atom stereocenters. The van der Waals surface area contributed by atoms with Crippen molar-refractivity contribution in [2.24, 2.45) is 5.92 Å². The van der Waals surface area contributed by atoms with Gasteiger partial charge in [-0.25, -0.2) is 0 Å². The minimum absolute atomic E-state index is 0.341. The monoisotopic (exact) mass is 284 g/mol. The first-order chi connectivity index (χ1) is 10.3. The van der Waals surface area contributed by atoms with E-state index < -0.39 is 0 Å². The smallest absolute Gasteiger partial charge is 0.225 e. The maximum atomic E-state index is 12.4. The molecule has 4 rings (SSSR count). The zero-order valence-electron chi connectivity index (χ0n) is 12.6. The number of nitrogens with zero attached hydrogens (tertiary/aromatic N) is 2. The maximum absolute atomic E-state index is 12.4. The van der Waals surface area contributed by atoms with Gasteiger partial charge in [0.2, 0.25) is 5.91 Å². The molecule has 21 heavy (non-hydrogen) atoms. The van der Waals surface area contributed by atoms with E-state index in [1.54, 1.807) is 0 Å². The first-order valence-corrected chi connectivity index (χ1v) is 8.41. The second-order valence-electron chi connectivity index (χ2n) is 6.87. The highest BCUT2D eigenvalue weighted by atomic mass is 16.2. The van der Waals surface area contributed by atoms with Crippen LogP contribution in [0.25, 0.3) is 0 Å². The van der Waals surface area contributed by atoms with E-state index in [9.17, 15) is 4.79 Å². The van der Waals surface area contributed by atoms with Gasteiger partial charge in [-0.05, 0) is 30.4 Å². The van der Waals surface area contributed by atoms with Crippen molar-refractivity contribution in [2.45, 2.75) is 44.7 Å². The molecule has 3 aliphatic rings. The molecule has 1 aromatic carbocycles. The Morgan fingerprint density at radius 1 is 1.05 bits per heavy atom. The summed E-state index contributed by atoms with van der Waals surface area (Å²) < 4.78 is 0. The molecule has 2 fully saturated rings. The first-order valence-electron chi connectivity index (χ1n) is 8.41. The van der Waals surface area contributed by atoms with Crippen molar-refractivity contribution in [3.63, 3.8) is 0 Å². The summed E-state index contributed by atoms with van der Waals surface area (Å²) in [5, 5.41) is 0. The third-order valence-electron chi connectivity index (χ3n) is 5.55. The predicted octanol–water partition coefficient (Wildman–Crippen LogP) is 2.45. The third-order valence-corrected chi connectivity index (χ3v) is 5.55. The van der Waals surface area contributed by atoms with Gasteiger partial charge in [-0.2, -0.15) is 0 Å². The highest BCUT2D eigenvalue weighted by Crippen LogP contribution is 2.30. The Balaban J connectivity index is 1.33. The fourth-order valence-electron chi connectivity index (χ4n) is 4.13. The number of hydrogen-bond acceptors (Lipinski definition) is 2. The fourth-order valence-corrected chi connectivity index (χ4v) is 4.13. The van der Waals surface area contributed by atoms with Crippen molar-refractivity contribution in [3.8, 4) is 0 Å². The Labute approximate surface area is 126 Å². The van der Waals surface area contributed by atoms with Crippen LogP contribution in [0, 0.1) is 5.92 Å². The summed E-state index contributed by atoms with van der Waals surface area (Å²) in [6.07, 6.45) is 5.89. The van der Waals surface area contributed by atoms with Gasteiger partial charge in [-0.3, -0.25) is 9.69 Å². The largest absolute Gasteiger partial charge is 0.339 e. The number of likely N-dealkylation sites (tertiary alicyclic amines) is 1. The number of benzene rings is 1. The highest BCUT2D eigenvalue weighted by molar-refractivity contribution is 5.80. The van der Waals surface area contributed by atoms with Crippen LogP contribution in [0.15, 0.2) is 24.3 Å². The van der Waals surface area contributed by atoms with Crippen LogP contribution in [0.4, 0.5) is 0 Å². The Morgan fingerprint density at radius 3 is 2.52 bits per heavy atom. The van der Waals surface area contributed by atoms with E-state index in [1.165, 1.54) is 24.0 Å². The molecule has 2 heterocycles. The summed E-state index contributed by atoms with van der Waals surface area (Å²) in [7, 11) is 0. The molecule has 0 aromatic heterocycles. The summed E-state index contributed by atoms with van der Waals surface area (Å²) in [4.78, 5) is 17.0. The minimum Gasteiger partial charge on any atom is -0.339 e. The molecule has 0 spiro atoms.